The zero-order valence-corrected chi connectivity index (χ0v) is 19.4. The topological polar surface area (TPSA) is 75.2 Å². The largest absolute Gasteiger partial charge is 0.381 e. The molecule has 2 fully saturated rings. The Morgan fingerprint density at radius 2 is 2.04 bits per heavy atom. The number of piperidine rings is 1. The number of likely N-dealkylation sites (tertiary alicyclic amines) is 1. The Morgan fingerprint density at radius 3 is 2.63 bits per heavy atom. The number of halogens is 1. The lowest BCUT2D eigenvalue weighted by Crippen LogP contribution is -2.50. The van der Waals surface area contributed by atoms with Crippen molar-refractivity contribution in [1.82, 2.24) is 15.5 Å². The highest BCUT2D eigenvalue weighted by atomic mass is 127. The van der Waals surface area contributed by atoms with Gasteiger partial charge in [0.1, 0.15) is 0 Å². The van der Waals surface area contributed by atoms with Gasteiger partial charge in [-0.1, -0.05) is 13.8 Å². The Labute approximate surface area is 181 Å². The summed E-state index contributed by atoms with van der Waals surface area (Å²) in [6, 6.07) is 0.371. The van der Waals surface area contributed by atoms with Crippen LogP contribution in [0.2, 0.25) is 0 Å². The van der Waals surface area contributed by atoms with Gasteiger partial charge in [-0.05, 0) is 25.7 Å². The number of ether oxygens (including phenoxy) is 2. The van der Waals surface area contributed by atoms with Gasteiger partial charge < -0.3 is 25.0 Å². The number of aliphatic imine (C=N–C) groups is 1. The highest BCUT2D eigenvalue weighted by molar-refractivity contribution is 14.0. The van der Waals surface area contributed by atoms with Crippen LogP contribution in [0.25, 0.3) is 0 Å². The van der Waals surface area contributed by atoms with E-state index < -0.39 is 0 Å². The number of hydrogen-bond donors (Lipinski definition) is 2. The maximum absolute atomic E-state index is 12.0. The Hall–Kier alpha value is -0.610. The van der Waals surface area contributed by atoms with Gasteiger partial charge in [-0.3, -0.25) is 9.79 Å². The Kier molecular flexibility index (Phi) is 12.3. The number of amides is 1. The molecule has 0 aromatic rings. The average molecular weight is 496 g/mol. The second-order valence-corrected chi connectivity index (χ2v) is 7.56. The van der Waals surface area contributed by atoms with Crippen molar-refractivity contribution in [2.75, 3.05) is 53.1 Å². The molecule has 0 aromatic carbocycles. The van der Waals surface area contributed by atoms with E-state index in [1.165, 1.54) is 0 Å². The van der Waals surface area contributed by atoms with Crippen molar-refractivity contribution in [2.45, 2.75) is 45.6 Å². The minimum absolute atomic E-state index is 0. The number of nitrogens with zero attached hydrogens (tertiary/aromatic N) is 2. The maximum atomic E-state index is 12.0. The summed E-state index contributed by atoms with van der Waals surface area (Å²) < 4.78 is 11.1. The van der Waals surface area contributed by atoms with E-state index in [2.05, 4.69) is 15.6 Å². The molecule has 0 aliphatic carbocycles. The van der Waals surface area contributed by atoms with Crippen molar-refractivity contribution in [3.05, 3.63) is 0 Å². The number of carbonyl (C=O) groups is 1. The highest BCUT2D eigenvalue weighted by Crippen LogP contribution is 2.13. The number of rotatable bonds is 8. The second kappa shape index (κ2) is 13.5. The average Bonchev–Trinajstić information content (AvgIpc) is 3.16. The molecule has 0 bridgehead atoms. The van der Waals surface area contributed by atoms with E-state index in [4.69, 9.17) is 9.47 Å². The lowest BCUT2D eigenvalue weighted by atomic mass is 10.0. The van der Waals surface area contributed by atoms with Gasteiger partial charge >= 0.3 is 0 Å². The zero-order valence-electron chi connectivity index (χ0n) is 17.0. The van der Waals surface area contributed by atoms with Gasteiger partial charge in [-0.25, -0.2) is 0 Å². The molecule has 1 unspecified atom stereocenters. The van der Waals surface area contributed by atoms with Crippen LogP contribution in [0.15, 0.2) is 4.99 Å². The van der Waals surface area contributed by atoms with Crippen LogP contribution >= 0.6 is 24.0 Å². The lowest BCUT2D eigenvalue weighted by Gasteiger charge is -2.34. The molecule has 2 N–H and O–H groups in total. The van der Waals surface area contributed by atoms with Crippen molar-refractivity contribution in [3.63, 3.8) is 0 Å². The summed E-state index contributed by atoms with van der Waals surface area (Å²) in [6.07, 6.45) is 4.00. The minimum Gasteiger partial charge on any atom is -0.381 e. The Balaban J connectivity index is 0.00000364. The Morgan fingerprint density at radius 1 is 1.30 bits per heavy atom. The number of hydrogen-bond acceptors (Lipinski definition) is 4. The summed E-state index contributed by atoms with van der Waals surface area (Å²) in [4.78, 5) is 18.3. The molecule has 0 saturated carbocycles. The van der Waals surface area contributed by atoms with E-state index in [1.807, 2.05) is 18.7 Å². The first-order chi connectivity index (χ1) is 12.6. The van der Waals surface area contributed by atoms with Gasteiger partial charge in [-0.15, -0.1) is 24.0 Å². The molecule has 2 aliphatic heterocycles. The van der Waals surface area contributed by atoms with Crippen molar-refractivity contribution in [3.8, 4) is 0 Å². The first-order valence-corrected chi connectivity index (χ1v) is 10.0. The van der Waals surface area contributed by atoms with E-state index in [0.29, 0.717) is 12.0 Å². The van der Waals surface area contributed by atoms with Crippen molar-refractivity contribution >= 4 is 35.8 Å². The smallest absolute Gasteiger partial charge is 0.225 e. The molecule has 1 atom stereocenters. The quantitative estimate of drug-likeness (QED) is 0.232. The molecular weight excluding hydrogens is 459 g/mol. The van der Waals surface area contributed by atoms with Crippen LogP contribution in [0.3, 0.4) is 0 Å². The van der Waals surface area contributed by atoms with Crippen LogP contribution in [-0.4, -0.2) is 75.9 Å². The van der Waals surface area contributed by atoms with E-state index in [-0.39, 0.29) is 35.8 Å². The molecule has 0 aromatic heterocycles. The molecule has 0 spiro atoms. The monoisotopic (exact) mass is 496 g/mol. The number of carbonyl (C=O) groups excluding carboxylic acids is 1. The molecule has 2 saturated heterocycles. The summed E-state index contributed by atoms with van der Waals surface area (Å²) in [5.41, 5.74) is 0. The Bertz CT molecular complexity index is 448. The van der Waals surface area contributed by atoms with Crippen LogP contribution in [-0.2, 0) is 14.3 Å². The molecule has 158 valence electrons. The molecule has 1 amide bonds. The molecular formula is C19H37IN4O3. The molecule has 0 radical (unpaired) electrons. The summed E-state index contributed by atoms with van der Waals surface area (Å²) in [5, 5.41) is 6.82. The van der Waals surface area contributed by atoms with Crippen LogP contribution in [0.1, 0.15) is 39.5 Å². The molecule has 8 heteroatoms. The minimum atomic E-state index is 0. The van der Waals surface area contributed by atoms with Crippen LogP contribution < -0.4 is 10.6 Å². The lowest BCUT2D eigenvalue weighted by molar-refractivity contribution is -0.135. The van der Waals surface area contributed by atoms with Gasteiger partial charge in [0.05, 0.1) is 13.2 Å². The molecule has 2 rings (SSSR count). The normalized spacial score (nSPS) is 21.3. The molecule has 7 nitrogen and oxygen atoms in total. The summed E-state index contributed by atoms with van der Waals surface area (Å²) in [5.74, 6) is 1.75. The summed E-state index contributed by atoms with van der Waals surface area (Å²) in [7, 11) is 1.79. The SMILES string of the molecule is CN=C(NCCCOCC1CCOC1)NC1CCN(C(=O)C(C)C)CC1.I. The van der Waals surface area contributed by atoms with Gasteiger partial charge in [0.2, 0.25) is 5.91 Å². The fourth-order valence-corrected chi connectivity index (χ4v) is 3.34. The van der Waals surface area contributed by atoms with Crippen LogP contribution in [0.5, 0.6) is 0 Å². The second-order valence-electron chi connectivity index (χ2n) is 7.56. The van der Waals surface area contributed by atoms with Gasteiger partial charge in [0, 0.05) is 57.8 Å². The van der Waals surface area contributed by atoms with Crippen molar-refractivity contribution in [1.29, 1.82) is 0 Å². The molecule has 2 heterocycles. The van der Waals surface area contributed by atoms with Gasteiger partial charge in [-0.2, -0.15) is 0 Å². The first-order valence-electron chi connectivity index (χ1n) is 10.0. The van der Waals surface area contributed by atoms with E-state index in [9.17, 15) is 4.79 Å². The third-order valence-corrected chi connectivity index (χ3v) is 5.00. The zero-order chi connectivity index (χ0) is 18.8. The highest BCUT2D eigenvalue weighted by Gasteiger charge is 2.24. The van der Waals surface area contributed by atoms with E-state index >= 15 is 0 Å². The first kappa shape index (κ1) is 24.4. The molecule has 2 aliphatic rings. The number of guanidine groups is 1. The number of nitrogens with one attached hydrogen (secondary N) is 2. The van der Waals surface area contributed by atoms with Crippen LogP contribution in [0.4, 0.5) is 0 Å². The predicted octanol–water partition coefficient (Wildman–Crippen LogP) is 1.86. The fraction of sp³-hybridized carbons (Fsp3) is 0.895. The third kappa shape index (κ3) is 8.95. The summed E-state index contributed by atoms with van der Waals surface area (Å²) >= 11 is 0. The predicted molar refractivity (Wildman–Crippen MR) is 119 cm³/mol. The van der Waals surface area contributed by atoms with Crippen molar-refractivity contribution < 1.29 is 14.3 Å². The standard InChI is InChI=1S/C19H36N4O3.HI/c1-15(2)18(24)23-9-5-17(6-10-23)22-19(20-3)21-8-4-11-25-13-16-7-12-26-14-16;/h15-17H,4-14H2,1-3H3,(H2,20,21,22);1H. The van der Waals surface area contributed by atoms with E-state index in [0.717, 1.165) is 77.7 Å². The summed E-state index contributed by atoms with van der Waals surface area (Å²) in [6.45, 7) is 9.70. The van der Waals surface area contributed by atoms with Gasteiger partial charge in [0.15, 0.2) is 5.96 Å². The van der Waals surface area contributed by atoms with Crippen LogP contribution in [0, 0.1) is 11.8 Å². The fourth-order valence-electron chi connectivity index (χ4n) is 3.34. The van der Waals surface area contributed by atoms with E-state index in [1.54, 1.807) is 7.05 Å². The maximum Gasteiger partial charge on any atom is 0.225 e. The van der Waals surface area contributed by atoms with Gasteiger partial charge in [0.25, 0.3) is 0 Å². The molecule has 27 heavy (non-hydrogen) atoms. The van der Waals surface area contributed by atoms with Crippen molar-refractivity contribution in [2.24, 2.45) is 16.8 Å². The third-order valence-electron chi connectivity index (χ3n) is 5.00.